The maximum Gasteiger partial charge on any atom is 1.00 e. The number of nitrogens with one attached hydrogen (secondary N) is 2. The van der Waals surface area contributed by atoms with E-state index in [-0.39, 0.29) is 51.7 Å². The molecule has 32 heavy (non-hydrogen) atoms. The number of carboxylic acids is 1. The topological polar surface area (TPSA) is 170 Å². The first-order valence-electron chi connectivity index (χ1n) is 8.60. The Morgan fingerprint density at radius 3 is 2.88 bits per heavy atom. The molecule has 2 aromatic heterocycles. The van der Waals surface area contributed by atoms with Crippen LogP contribution in [-0.4, -0.2) is 66.0 Å². The van der Waals surface area contributed by atoms with E-state index in [0.29, 0.717) is 22.1 Å². The number of nitrogens with two attached hydrogens (primary N) is 1. The molecule has 0 bridgehead atoms. The summed E-state index contributed by atoms with van der Waals surface area (Å²) in [7, 11) is 0. The SMILES string of the molecule is Nc1nc(C(=CCl)C(=O)NC2C(=O)N3C(C(=O)[O-])=C(CSc4cn[nH]n4)CS[C@H]23)cs1.[Na+]. The summed E-state index contributed by atoms with van der Waals surface area (Å²) in [5.41, 5.74) is 7.37. The van der Waals surface area contributed by atoms with E-state index >= 15 is 0 Å². The summed E-state index contributed by atoms with van der Waals surface area (Å²) in [5.74, 6) is -1.93. The Balaban J connectivity index is 0.00000289. The maximum absolute atomic E-state index is 12.7. The molecule has 2 aliphatic rings. The molecule has 0 aromatic carbocycles. The fourth-order valence-electron chi connectivity index (χ4n) is 3.06. The van der Waals surface area contributed by atoms with E-state index in [1.54, 1.807) is 5.38 Å². The van der Waals surface area contributed by atoms with Gasteiger partial charge in [0.05, 0.1) is 29.1 Å². The number of amides is 2. The number of carboxylic acid groups (broad SMARTS) is 1. The van der Waals surface area contributed by atoms with Gasteiger partial charge in [0.1, 0.15) is 16.4 Å². The standard InChI is InChI=1S/C16H14ClN7O4S3.Na/c17-1-7(8-5-31-16(18)20-8)12(25)21-10-13(26)24-11(15(27)28)6(4-30-14(10)24)3-29-9-2-19-23-22-9;/h1-2,5,10,14H,3-4H2,(H2,18,20)(H,21,25)(H,27,28)(H,19,22,23);/q;+1/p-1/t10?,14-;/m1./s1. The van der Waals surface area contributed by atoms with Gasteiger partial charge >= 0.3 is 29.6 Å². The van der Waals surface area contributed by atoms with Gasteiger partial charge in [-0.3, -0.25) is 14.5 Å². The normalized spacial score (nSPS) is 20.3. The van der Waals surface area contributed by atoms with Crippen LogP contribution in [0.4, 0.5) is 5.13 Å². The monoisotopic (exact) mass is 521 g/mol. The van der Waals surface area contributed by atoms with E-state index in [4.69, 9.17) is 17.3 Å². The number of hydrogen-bond acceptors (Lipinski definition) is 11. The van der Waals surface area contributed by atoms with Gasteiger partial charge in [0, 0.05) is 22.4 Å². The van der Waals surface area contributed by atoms with Crippen molar-refractivity contribution in [3.63, 3.8) is 0 Å². The minimum Gasteiger partial charge on any atom is -0.543 e. The van der Waals surface area contributed by atoms with Gasteiger partial charge in [0.2, 0.25) is 0 Å². The van der Waals surface area contributed by atoms with Gasteiger partial charge in [0.15, 0.2) is 5.13 Å². The molecule has 4 N–H and O–H groups in total. The Morgan fingerprint density at radius 1 is 1.50 bits per heavy atom. The van der Waals surface area contributed by atoms with Crippen molar-refractivity contribution in [1.29, 1.82) is 0 Å². The second-order valence-electron chi connectivity index (χ2n) is 6.29. The zero-order valence-corrected chi connectivity index (χ0v) is 21.6. The molecule has 2 aliphatic heterocycles. The Hall–Kier alpha value is -1.55. The molecule has 11 nitrogen and oxygen atoms in total. The number of thiazole rings is 1. The average molecular weight is 522 g/mol. The van der Waals surface area contributed by atoms with E-state index < -0.39 is 29.2 Å². The number of carbonyl (C=O) groups excluding carboxylic acids is 3. The van der Waals surface area contributed by atoms with Crippen molar-refractivity contribution in [2.45, 2.75) is 16.4 Å². The van der Waals surface area contributed by atoms with Crippen molar-refractivity contribution in [2.24, 2.45) is 0 Å². The molecule has 0 radical (unpaired) electrons. The first kappa shape index (κ1) is 25.1. The predicted molar refractivity (Wildman–Crippen MR) is 115 cm³/mol. The second-order valence-corrected chi connectivity index (χ2v) is 9.50. The molecule has 0 spiro atoms. The number of thioether (sulfide) groups is 2. The molecular weight excluding hydrogens is 509 g/mol. The van der Waals surface area contributed by atoms with Crippen LogP contribution in [0.25, 0.3) is 5.57 Å². The number of fused-ring (bicyclic) bond motifs is 1. The van der Waals surface area contributed by atoms with Crippen LogP contribution in [0.2, 0.25) is 0 Å². The van der Waals surface area contributed by atoms with Crippen LogP contribution in [0.3, 0.4) is 0 Å². The number of aromatic nitrogens is 4. The molecule has 1 saturated heterocycles. The number of hydrogen-bond donors (Lipinski definition) is 3. The van der Waals surface area contributed by atoms with Gasteiger partial charge in [-0.05, 0) is 5.57 Å². The summed E-state index contributed by atoms with van der Waals surface area (Å²) < 4.78 is 0. The number of halogens is 1. The zero-order valence-electron chi connectivity index (χ0n) is 16.4. The first-order chi connectivity index (χ1) is 14.9. The van der Waals surface area contributed by atoms with Crippen LogP contribution < -0.4 is 45.7 Å². The smallest absolute Gasteiger partial charge is 0.543 e. The van der Waals surface area contributed by atoms with E-state index in [2.05, 4.69) is 25.7 Å². The predicted octanol–water partition coefficient (Wildman–Crippen LogP) is -3.38. The Kier molecular flexibility index (Phi) is 8.30. The molecule has 1 unspecified atom stereocenters. The Labute approximate surface area is 220 Å². The van der Waals surface area contributed by atoms with Crippen molar-refractivity contribution in [1.82, 2.24) is 30.6 Å². The molecule has 1 fully saturated rings. The van der Waals surface area contributed by atoms with E-state index in [0.717, 1.165) is 21.8 Å². The molecule has 0 aliphatic carbocycles. The first-order valence-corrected chi connectivity index (χ1v) is 11.9. The van der Waals surface area contributed by atoms with Crippen molar-refractivity contribution >= 4 is 74.9 Å². The van der Waals surface area contributed by atoms with E-state index in [1.165, 1.54) is 29.7 Å². The van der Waals surface area contributed by atoms with Gasteiger partial charge in [-0.15, -0.1) is 28.2 Å². The summed E-state index contributed by atoms with van der Waals surface area (Å²) in [4.78, 5) is 42.3. The molecule has 162 valence electrons. The van der Waals surface area contributed by atoms with Gasteiger partial charge < -0.3 is 21.0 Å². The third kappa shape index (κ3) is 4.85. The molecule has 16 heteroatoms. The Bertz CT molecular complexity index is 1110. The molecule has 4 heterocycles. The second kappa shape index (κ2) is 10.6. The van der Waals surface area contributed by atoms with Crippen LogP contribution in [0.1, 0.15) is 5.69 Å². The van der Waals surface area contributed by atoms with Crippen molar-refractivity contribution in [3.8, 4) is 0 Å². The number of H-pyrrole nitrogens is 1. The summed E-state index contributed by atoms with van der Waals surface area (Å²) in [6.45, 7) is 0. The molecule has 2 amide bonds. The Morgan fingerprint density at radius 2 is 2.28 bits per heavy atom. The third-order valence-electron chi connectivity index (χ3n) is 4.47. The number of nitrogen functional groups attached to an aromatic ring is 1. The number of carbonyl (C=O) groups is 3. The quantitative estimate of drug-likeness (QED) is 0.144. The summed E-state index contributed by atoms with van der Waals surface area (Å²) in [5, 5.41) is 26.3. The number of aliphatic carboxylic acids is 1. The number of anilines is 1. The minimum atomic E-state index is -1.45. The van der Waals surface area contributed by atoms with E-state index in [9.17, 15) is 19.5 Å². The van der Waals surface area contributed by atoms with Gasteiger partial charge in [-0.2, -0.15) is 10.3 Å². The summed E-state index contributed by atoms with van der Waals surface area (Å²) >= 11 is 9.56. The zero-order chi connectivity index (χ0) is 22.1. The number of β-lactam (4-membered cyclic amide) rings is 1. The fourth-order valence-corrected chi connectivity index (χ4v) is 6.10. The maximum atomic E-state index is 12.7. The summed E-state index contributed by atoms with van der Waals surface area (Å²) in [6, 6.07) is -0.904. The van der Waals surface area contributed by atoms with E-state index in [1.807, 2.05) is 0 Å². The summed E-state index contributed by atoms with van der Waals surface area (Å²) in [6.07, 6.45) is 1.51. The third-order valence-corrected chi connectivity index (χ3v) is 7.68. The molecular formula is C16H13ClN7NaO4S3. The fraction of sp³-hybridized carbons (Fsp3) is 0.250. The molecule has 2 atom stereocenters. The van der Waals surface area contributed by atoms with Gasteiger partial charge in [-0.1, -0.05) is 23.4 Å². The van der Waals surface area contributed by atoms with Gasteiger partial charge in [-0.25, -0.2) is 4.98 Å². The molecule has 4 rings (SSSR count). The van der Waals surface area contributed by atoms with Crippen LogP contribution in [0.5, 0.6) is 0 Å². The largest absolute Gasteiger partial charge is 1.00 e. The van der Waals surface area contributed by atoms with Crippen LogP contribution >= 0.6 is 46.5 Å². The molecule has 2 aromatic rings. The minimum absolute atomic E-state index is 0. The van der Waals surface area contributed by atoms with Crippen molar-refractivity contribution < 1.29 is 49.0 Å². The number of aromatic amines is 1. The van der Waals surface area contributed by atoms with Crippen LogP contribution in [0, 0.1) is 0 Å². The van der Waals surface area contributed by atoms with Crippen LogP contribution in [-0.2, 0) is 14.4 Å². The van der Waals surface area contributed by atoms with Gasteiger partial charge in [0.25, 0.3) is 11.8 Å². The number of nitrogens with zero attached hydrogens (tertiary/aromatic N) is 4. The van der Waals surface area contributed by atoms with Crippen LogP contribution in [0.15, 0.2) is 33.4 Å². The van der Waals surface area contributed by atoms with Crippen molar-refractivity contribution in [3.05, 3.63) is 34.1 Å². The average Bonchev–Trinajstić information content (AvgIpc) is 3.42. The number of rotatable bonds is 7. The van der Waals surface area contributed by atoms with Crippen molar-refractivity contribution in [2.75, 3.05) is 17.2 Å². The molecule has 0 saturated carbocycles.